The maximum Gasteiger partial charge on any atom is 0.00891 e. The Labute approximate surface area is 212 Å². The lowest BCUT2D eigenvalue weighted by Crippen LogP contribution is -2.27. The summed E-state index contributed by atoms with van der Waals surface area (Å²) in [6.07, 6.45) is 39.3. The van der Waals surface area contributed by atoms with Gasteiger partial charge in [0, 0.05) is 6.04 Å². The van der Waals surface area contributed by atoms with Crippen molar-refractivity contribution in [2.75, 3.05) is 14.1 Å². The maximum absolute atomic E-state index is 2.50. The lowest BCUT2D eigenvalue weighted by molar-refractivity contribution is 0.251. The van der Waals surface area contributed by atoms with Crippen molar-refractivity contribution in [1.82, 2.24) is 4.90 Å². The van der Waals surface area contributed by atoms with Crippen molar-refractivity contribution in [2.24, 2.45) is 0 Å². The van der Waals surface area contributed by atoms with Crippen LogP contribution in [0, 0.1) is 0 Å². The van der Waals surface area contributed by atoms with E-state index in [0.717, 1.165) is 6.04 Å². The number of nitrogens with zero attached hydrogens (tertiary/aromatic N) is 1. The van der Waals surface area contributed by atoms with E-state index < -0.39 is 0 Å². The smallest absolute Gasteiger partial charge is 0.00891 e. The Hall–Kier alpha value is -0.0400. The first-order chi connectivity index (χ1) is 16.2. The van der Waals surface area contributed by atoms with Crippen LogP contribution < -0.4 is 0 Å². The van der Waals surface area contributed by atoms with E-state index in [-0.39, 0.29) is 0 Å². The van der Waals surface area contributed by atoms with Gasteiger partial charge in [-0.1, -0.05) is 174 Å². The van der Waals surface area contributed by atoms with E-state index in [4.69, 9.17) is 0 Å². The fraction of sp³-hybridized carbons (Fsp3) is 1.00. The average molecular weight is 466 g/mol. The molecule has 0 amide bonds. The van der Waals surface area contributed by atoms with Crippen LogP contribution in [0.25, 0.3) is 0 Å². The normalized spacial score (nSPS) is 12.6. The third-order valence-corrected chi connectivity index (χ3v) is 7.76. The van der Waals surface area contributed by atoms with Crippen molar-refractivity contribution in [3.05, 3.63) is 0 Å². The predicted molar refractivity (Wildman–Crippen MR) is 153 cm³/mol. The highest BCUT2D eigenvalue weighted by Gasteiger charge is 2.10. The molecule has 0 heterocycles. The minimum atomic E-state index is 0.820. The molecule has 200 valence electrons. The van der Waals surface area contributed by atoms with E-state index in [1.165, 1.54) is 173 Å². The maximum atomic E-state index is 2.50. The van der Waals surface area contributed by atoms with Gasteiger partial charge in [-0.25, -0.2) is 0 Å². The Balaban J connectivity index is 3.40. The van der Waals surface area contributed by atoms with Gasteiger partial charge in [-0.05, 0) is 26.9 Å². The Morgan fingerprint density at radius 1 is 0.333 bits per heavy atom. The molecule has 0 rings (SSSR count). The van der Waals surface area contributed by atoms with Crippen LogP contribution in [0.15, 0.2) is 0 Å². The SMILES string of the molecule is CCCCCCCCCCCCCCCC(CCCCCCCCCCCCCC)N(C)C. The highest BCUT2D eigenvalue weighted by molar-refractivity contribution is 4.67. The Morgan fingerprint density at radius 2 is 0.545 bits per heavy atom. The molecule has 0 bridgehead atoms. The molecule has 0 aliphatic heterocycles. The summed E-state index contributed by atoms with van der Waals surface area (Å²) in [6.45, 7) is 4.61. The summed E-state index contributed by atoms with van der Waals surface area (Å²) in [5.41, 5.74) is 0. The summed E-state index contributed by atoms with van der Waals surface area (Å²) in [5, 5.41) is 0. The molecular formula is C32H67N. The van der Waals surface area contributed by atoms with E-state index in [1.54, 1.807) is 0 Å². The molecule has 0 N–H and O–H groups in total. The molecule has 0 aromatic heterocycles. The van der Waals surface area contributed by atoms with E-state index in [2.05, 4.69) is 32.8 Å². The molecule has 1 heteroatoms. The molecule has 0 fully saturated rings. The van der Waals surface area contributed by atoms with Crippen LogP contribution >= 0.6 is 0 Å². The van der Waals surface area contributed by atoms with Gasteiger partial charge in [0.25, 0.3) is 0 Å². The van der Waals surface area contributed by atoms with E-state index >= 15 is 0 Å². The first-order valence-corrected chi connectivity index (χ1v) is 15.9. The molecule has 33 heavy (non-hydrogen) atoms. The minimum Gasteiger partial charge on any atom is -0.306 e. The second-order valence-corrected chi connectivity index (χ2v) is 11.3. The molecule has 1 nitrogen and oxygen atoms in total. The first-order valence-electron chi connectivity index (χ1n) is 15.9. The third kappa shape index (κ3) is 26.4. The quantitative estimate of drug-likeness (QED) is 0.104. The van der Waals surface area contributed by atoms with Crippen molar-refractivity contribution >= 4 is 0 Å². The highest BCUT2D eigenvalue weighted by Crippen LogP contribution is 2.18. The molecule has 0 aromatic rings. The van der Waals surface area contributed by atoms with Crippen LogP contribution in [-0.2, 0) is 0 Å². The van der Waals surface area contributed by atoms with E-state index in [9.17, 15) is 0 Å². The standard InChI is InChI=1S/C32H67N/c1-5-7-9-11-13-15-17-19-21-23-25-27-29-31-32(33(3)4)30-28-26-24-22-20-18-16-14-12-10-8-6-2/h32H,5-31H2,1-4H3. The zero-order valence-corrected chi connectivity index (χ0v) is 24.1. The summed E-state index contributed by atoms with van der Waals surface area (Å²) in [4.78, 5) is 2.50. The molecule has 1 unspecified atom stereocenters. The van der Waals surface area contributed by atoms with Gasteiger partial charge in [-0.15, -0.1) is 0 Å². The number of rotatable bonds is 28. The largest absolute Gasteiger partial charge is 0.306 e. The Kier molecular flexibility index (Phi) is 28.2. The number of unbranched alkanes of at least 4 members (excludes halogenated alkanes) is 23. The Morgan fingerprint density at radius 3 is 0.758 bits per heavy atom. The Bertz CT molecular complexity index is 337. The highest BCUT2D eigenvalue weighted by atomic mass is 15.1. The van der Waals surface area contributed by atoms with Crippen molar-refractivity contribution in [3.63, 3.8) is 0 Å². The van der Waals surface area contributed by atoms with E-state index in [1.807, 2.05) is 0 Å². The van der Waals surface area contributed by atoms with Gasteiger partial charge in [0.2, 0.25) is 0 Å². The molecule has 0 saturated heterocycles. The fourth-order valence-electron chi connectivity index (χ4n) is 5.28. The van der Waals surface area contributed by atoms with Crippen molar-refractivity contribution in [1.29, 1.82) is 0 Å². The molecule has 0 aliphatic rings. The summed E-state index contributed by atoms with van der Waals surface area (Å²) < 4.78 is 0. The second kappa shape index (κ2) is 28.2. The van der Waals surface area contributed by atoms with Gasteiger partial charge < -0.3 is 4.90 Å². The topological polar surface area (TPSA) is 3.24 Å². The van der Waals surface area contributed by atoms with Crippen LogP contribution in [-0.4, -0.2) is 25.0 Å². The van der Waals surface area contributed by atoms with E-state index in [0.29, 0.717) is 0 Å². The van der Waals surface area contributed by atoms with Gasteiger partial charge in [0.05, 0.1) is 0 Å². The van der Waals surface area contributed by atoms with Gasteiger partial charge in [0.1, 0.15) is 0 Å². The fourth-order valence-corrected chi connectivity index (χ4v) is 5.28. The molecule has 0 saturated carbocycles. The van der Waals surface area contributed by atoms with Crippen LogP contribution in [0.4, 0.5) is 0 Å². The average Bonchev–Trinajstić information content (AvgIpc) is 2.81. The van der Waals surface area contributed by atoms with Gasteiger partial charge in [0.15, 0.2) is 0 Å². The van der Waals surface area contributed by atoms with Crippen LogP contribution in [0.5, 0.6) is 0 Å². The van der Waals surface area contributed by atoms with Crippen molar-refractivity contribution < 1.29 is 0 Å². The lowest BCUT2D eigenvalue weighted by Gasteiger charge is -2.24. The summed E-state index contributed by atoms with van der Waals surface area (Å²) >= 11 is 0. The zero-order chi connectivity index (χ0) is 24.2. The summed E-state index contributed by atoms with van der Waals surface area (Å²) in [5.74, 6) is 0. The lowest BCUT2D eigenvalue weighted by atomic mass is 9.99. The first kappa shape index (κ1) is 33.0. The zero-order valence-electron chi connectivity index (χ0n) is 24.1. The molecule has 0 aromatic carbocycles. The van der Waals surface area contributed by atoms with Crippen molar-refractivity contribution in [3.8, 4) is 0 Å². The third-order valence-electron chi connectivity index (χ3n) is 7.76. The van der Waals surface area contributed by atoms with Crippen LogP contribution in [0.2, 0.25) is 0 Å². The summed E-state index contributed by atoms with van der Waals surface area (Å²) in [7, 11) is 4.60. The molecular weight excluding hydrogens is 398 g/mol. The van der Waals surface area contributed by atoms with Crippen LogP contribution in [0.1, 0.15) is 187 Å². The molecule has 0 radical (unpaired) electrons. The predicted octanol–water partition coefficient (Wildman–Crippen LogP) is 11.5. The number of hydrogen-bond donors (Lipinski definition) is 0. The molecule has 0 spiro atoms. The van der Waals surface area contributed by atoms with Gasteiger partial charge in [-0.2, -0.15) is 0 Å². The minimum absolute atomic E-state index is 0.820. The number of hydrogen-bond acceptors (Lipinski definition) is 1. The molecule has 0 aliphatic carbocycles. The molecule has 1 atom stereocenters. The van der Waals surface area contributed by atoms with Gasteiger partial charge >= 0.3 is 0 Å². The van der Waals surface area contributed by atoms with Crippen molar-refractivity contribution in [2.45, 2.75) is 193 Å². The summed E-state index contributed by atoms with van der Waals surface area (Å²) in [6, 6.07) is 0.820. The van der Waals surface area contributed by atoms with Crippen LogP contribution in [0.3, 0.4) is 0 Å². The van der Waals surface area contributed by atoms with Gasteiger partial charge in [-0.3, -0.25) is 0 Å². The monoisotopic (exact) mass is 466 g/mol. The second-order valence-electron chi connectivity index (χ2n) is 11.3.